The predicted molar refractivity (Wildman–Crippen MR) is 102 cm³/mol. The zero-order valence-corrected chi connectivity index (χ0v) is 16.0. The lowest BCUT2D eigenvalue weighted by molar-refractivity contribution is -0.132. The number of likely N-dealkylation sites (tertiary alicyclic amines) is 1. The Morgan fingerprint density at radius 3 is 2.93 bits per heavy atom. The normalized spacial score (nSPS) is 29.7. The summed E-state index contributed by atoms with van der Waals surface area (Å²) in [5, 5.41) is 12.6. The molecule has 6 nitrogen and oxygen atoms in total. The fourth-order valence-corrected chi connectivity index (χ4v) is 4.13. The number of halogens is 1. The summed E-state index contributed by atoms with van der Waals surface area (Å²) in [6.45, 7) is 2.09. The molecule has 1 N–H and O–H groups in total. The predicted octanol–water partition coefficient (Wildman–Crippen LogP) is 2.41. The number of hydrogen-bond acceptors (Lipinski definition) is 5. The van der Waals surface area contributed by atoms with Gasteiger partial charge >= 0.3 is 0 Å². The van der Waals surface area contributed by atoms with Gasteiger partial charge in [0.1, 0.15) is 23.7 Å². The van der Waals surface area contributed by atoms with E-state index in [0.29, 0.717) is 18.6 Å². The smallest absolute Gasteiger partial charge is 0.238 e. The number of carbonyl (C=O) groups excluding carboxylic acids is 1. The van der Waals surface area contributed by atoms with E-state index in [0.717, 1.165) is 31.9 Å². The summed E-state index contributed by atoms with van der Waals surface area (Å²) in [4.78, 5) is 18.1. The number of terminal acetylenes is 1. The Kier molecular flexibility index (Phi) is 6.16. The third-order valence-electron chi connectivity index (χ3n) is 5.74. The minimum absolute atomic E-state index is 0.0775. The Balaban J connectivity index is 1.67. The second-order valence-electron chi connectivity index (χ2n) is 7.67. The van der Waals surface area contributed by atoms with Crippen LogP contribution < -0.4 is 10.1 Å². The maximum atomic E-state index is 13.4. The van der Waals surface area contributed by atoms with Gasteiger partial charge in [-0.25, -0.2) is 4.39 Å². The van der Waals surface area contributed by atoms with Crippen molar-refractivity contribution in [1.29, 1.82) is 5.26 Å². The van der Waals surface area contributed by atoms with E-state index in [1.807, 2.05) is 6.92 Å². The van der Waals surface area contributed by atoms with Gasteiger partial charge in [-0.15, -0.1) is 6.42 Å². The van der Waals surface area contributed by atoms with E-state index >= 15 is 0 Å². The van der Waals surface area contributed by atoms with Crippen molar-refractivity contribution in [2.24, 2.45) is 0 Å². The molecule has 1 aliphatic heterocycles. The first-order valence-corrected chi connectivity index (χ1v) is 9.66. The molecule has 7 heteroatoms. The summed E-state index contributed by atoms with van der Waals surface area (Å²) in [6.07, 6.45) is 12.8. The van der Waals surface area contributed by atoms with E-state index < -0.39 is 17.4 Å². The molecule has 28 heavy (non-hydrogen) atoms. The Hall–Kier alpha value is -2.64. The van der Waals surface area contributed by atoms with Gasteiger partial charge in [-0.05, 0) is 39.0 Å². The van der Waals surface area contributed by atoms with E-state index in [4.69, 9.17) is 11.2 Å². The van der Waals surface area contributed by atoms with Crippen molar-refractivity contribution in [3.8, 4) is 24.2 Å². The number of rotatable bonds is 5. The molecule has 2 heterocycles. The first-order chi connectivity index (χ1) is 13.5. The van der Waals surface area contributed by atoms with Gasteiger partial charge in [-0.1, -0.05) is 12.3 Å². The largest absolute Gasteiger partial charge is 0.487 e. The third kappa shape index (κ3) is 4.26. The lowest BCUT2D eigenvalue weighted by Crippen LogP contribution is -2.59. The number of hydrogen-bond donors (Lipinski definition) is 1. The van der Waals surface area contributed by atoms with Gasteiger partial charge in [0.15, 0.2) is 0 Å². The zero-order chi connectivity index (χ0) is 20.1. The minimum atomic E-state index is -0.472. The highest BCUT2D eigenvalue weighted by atomic mass is 19.1. The summed E-state index contributed by atoms with van der Waals surface area (Å²) in [7, 11) is 0. The molecule has 0 aromatic carbocycles. The highest BCUT2D eigenvalue weighted by Crippen LogP contribution is 2.32. The van der Waals surface area contributed by atoms with Crippen molar-refractivity contribution in [2.45, 2.75) is 69.2 Å². The van der Waals surface area contributed by atoms with Gasteiger partial charge in [-0.2, -0.15) is 5.26 Å². The molecular formula is C21H25FN4O2. The van der Waals surface area contributed by atoms with Gasteiger partial charge < -0.3 is 9.64 Å². The number of pyridine rings is 1. The highest BCUT2D eigenvalue weighted by Gasteiger charge is 2.40. The number of carbonyl (C=O) groups is 1. The molecule has 2 aliphatic rings. The van der Waals surface area contributed by atoms with Gasteiger partial charge in [0.2, 0.25) is 5.91 Å². The highest BCUT2D eigenvalue weighted by molar-refractivity contribution is 5.80. The second-order valence-corrected chi connectivity index (χ2v) is 7.67. The molecule has 1 aromatic rings. The van der Waals surface area contributed by atoms with Crippen LogP contribution in [0.4, 0.5) is 4.39 Å². The number of nitriles is 1. The Morgan fingerprint density at radius 2 is 2.21 bits per heavy atom. The zero-order valence-electron chi connectivity index (χ0n) is 16.0. The number of nitrogens with one attached hydrogen (secondary N) is 1. The second kappa shape index (κ2) is 8.58. The van der Waals surface area contributed by atoms with Crippen LogP contribution in [0, 0.1) is 29.5 Å². The van der Waals surface area contributed by atoms with Crippen LogP contribution in [0.5, 0.6) is 5.75 Å². The summed E-state index contributed by atoms with van der Waals surface area (Å²) in [5.74, 6) is 2.37. The van der Waals surface area contributed by atoms with Crippen LogP contribution in [0.1, 0.15) is 45.4 Å². The SMILES string of the molecule is C#C[C@H]1CC[C@@H](C#N)N1C(=O)CNC1(C)CCCCC1Oc1cncc(F)c1. The van der Waals surface area contributed by atoms with Crippen LogP contribution in [-0.4, -0.2) is 46.1 Å². The quantitative estimate of drug-likeness (QED) is 0.789. The summed E-state index contributed by atoms with van der Waals surface area (Å²) in [5.41, 5.74) is -0.451. The molecule has 1 amide bonds. The van der Waals surface area contributed by atoms with Gasteiger partial charge in [0.25, 0.3) is 0 Å². The number of ether oxygens (including phenoxy) is 1. The molecule has 2 fully saturated rings. The lowest BCUT2D eigenvalue weighted by Gasteiger charge is -2.42. The van der Waals surface area contributed by atoms with E-state index in [9.17, 15) is 14.4 Å². The van der Waals surface area contributed by atoms with E-state index in [1.165, 1.54) is 17.2 Å². The molecule has 0 bridgehead atoms. The average molecular weight is 384 g/mol. The fourth-order valence-electron chi connectivity index (χ4n) is 4.13. The van der Waals surface area contributed by atoms with Crippen molar-refractivity contribution < 1.29 is 13.9 Å². The fraction of sp³-hybridized carbons (Fsp3) is 0.571. The molecule has 2 unspecified atom stereocenters. The Labute approximate surface area is 165 Å². The topological polar surface area (TPSA) is 78.2 Å². The van der Waals surface area contributed by atoms with E-state index in [2.05, 4.69) is 22.3 Å². The molecule has 0 spiro atoms. The minimum Gasteiger partial charge on any atom is -0.487 e. The van der Waals surface area contributed by atoms with Crippen LogP contribution in [0.25, 0.3) is 0 Å². The molecular weight excluding hydrogens is 359 g/mol. The molecule has 1 saturated carbocycles. The Morgan fingerprint density at radius 1 is 1.43 bits per heavy atom. The summed E-state index contributed by atoms with van der Waals surface area (Å²) in [6, 6.07) is 2.68. The first-order valence-electron chi connectivity index (χ1n) is 9.66. The van der Waals surface area contributed by atoms with Gasteiger partial charge in [0.05, 0.1) is 36.6 Å². The summed E-state index contributed by atoms with van der Waals surface area (Å²) < 4.78 is 19.4. The van der Waals surface area contributed by atoms with Crippen molar-refractivity contribution in [2.75, 3.05) is 6.54 Å². The van der Waals surface area contributed by atoms with Crippen molar-refractivity contribution in [3.05, 3.63) is 24.3 Å². The van der Waals surface area contributed by atoms with Crippen LogP contribution >= 0.6 is 0 Å². The van der Waals surface area contributed by atoms with Crippen LogP contribution in [0.2, 0.25) is 0 Å². The third-order valence-corrected chi connectivity index (χ3v) is 5.74. The van der Waals surface area contributed by atoms with Crippen LogP contribution in [0.3, 0.4) is 0 Å². The standard InChI is InChI=1S/C21H25FN4O2/c1-3-16-7-8-17(11-23)26(16)20(27)14-25-21(2)9-5-4-6-19(21)28-18-10-15(22)12-24-13-18/h1,10,12-13,16-17,19,25H,4-9,14H2,2H3/t16-,17-,19?,21?/m0/s1. The summed E-state index contributed by atoms with van der Waals surface area (Å²) >= 11 is 0. The molecule has 4 atom stereocenters. The Bertz CT molecular complexity index is 780. The molecule has 0 radical (unpaired) electrons. The van der Waals surface area contributed by atoms with Crippen LogP contribution in [-0.2, 0) is 4.79 Å². The maximum absolute atomic E-state index is 13.4. The van der Waals surface area contributed by atoms with Gasteiger partial charge in [0, 0.05) is 6.07 Å². The lowest BCUT2D eigenvalue weighted by atomic mass is 9.80. The van der Waals surface area contributed by atoms with E-state index in [-0.39, 0.29) is 24.6 Å². The van der Waals surface area contributed by atoms with Crippen molar-refractivity contribution in [3.63, 3.8) is 0 Å². The average Bonchev–Trinajstić information content (AvgIpc) is 3.11. The molecule has 1 aromatic heterocycles. The van der Waals surface area contributed by atoms with Crippen molar-refractivity contribution >= 4 is 5.91 Å². The monoisotopic (exact) mass is 384 g/mol. The number of nitrogens with zero attached hydrogens (tertiary/aromatic N) is 3. The molecule has 1 saturated heterocycles. The van der Waals surface area contributed by atoms with Crippen LogP contribution in [0.15, 0.2) is 18.5 Å². The number of aromatic nitrogens is 1. The van der Waals surface area contributed by atoms with Gasteiger partial charge in [-0.3, -0.25) is 15.1 Å². The molecule has 3 rings (SSSR count). The first kappa shape index (κ1) is 20.1. The van der Waals surface area contributed by atoms with Crippen molar-refractivity contribution in [1.82, 2.24) is 15.2 Å². The van der Waals surface area contributed by atoms with E-state index in [1.54, 1.807) is 0 Å². The number of amides is 1. The molecule has 148 valence electrons. The maximum Gasteiger partial charge on any atom is 0.238 e. The molecule has 1 aliphatic carbocycles.